The fourth-order valence-corrected chi connectivity index (χ4v) is 2.97. The lowest BCUT2D eigenvalue weighted by Crippen LogP contribution is -2.38. The van der Waals surface area contributed by atoms with Crippen LogP contribution in [0.4, 0.5) is 0 Å². The highest BCUT2D eigenvalue weighted by Gasteiger charge is 2.29. The van der Waals surface area contributed by atoms with Gasteiger partial charge in [-0.2, -0.15) is 4.98 Å². The average Bonchev–Trinajstić information content (AvgIpc) is 3.21. The maximum absolute atomic E-state index is 11.8. The van der Waals surface area contributed by atoms with E-state index in [0.717, 1.165) is 12.1 Å². The van der Waals surface area contributed by atoms with Crippen molar-refractivity contribution in [1.29, 1.82) is 0 Å². The number of amides is 1. The molecule has 0 spiro atoms. The second-order valence-corrected chi connectivity index (χ2v) is 5.72. The van der Waals surface area contributed by atoms with Crippen molar-refractivity contribution in [2.24, 2.45) is 0 Å². The molecule has 4 rings (SSSR count). The predicted octanol–water partition coefficient (Wildman–Crippen LogP) is 2.11. The van der Waals surface area contributed by atoms with Crippen molar-refractivity contribution in [3.8, 4) is 11.5 Å². The van der Waals surface area contributed by atoms with Crippen molar-refractivity contribution in [1.82, 2.24) is 24.4 Å². The fourth-order valence-electron chi connectivity index (χ4n) is 2.97. The number of fused-ring (bicyclic) bond motifs is 1. The van der Waals surface area contributed by atoms with Crippen LogP contribution < -0.4 is 0 Å². The molecule has 1 amide bonds. The zero-order valence-corrected chi connectivity index (χ0v) is 12.8. The number of carbonyl (C=O) groups excluding carboxylic acids is 1. The van der Waals surface area contributed by atoms with E-state index in [1.165, 1.54) is 0 Å². The van der Waals surface area contributed by atoms with Gasteiger partial charge in [-0.1, -0.05) is 11.2 Å². The molecule has 1 fully saturated rings. The van der Waals surface area contributed by atoms with Gasteiger partial charge >= 0.3 is 0 Å². The molecule has 3 aromatic heterocycles. The summed E-state index contributed by atoms with van der Waals surface area (Å²) in [6.07, 6.45) is 5.10. The van der Waals surface area contributed by atoms with Gasteiger partial charge < -0.3 is 13.8 Å². The first kappa shape index (κ1) is 13.9. The van der Waals surface area contributed by atoms with Crippen LogP contribution in [0, 0.1) is 0 Å². The first-order valence-electron chi connectivity index (χ1n) is 7.80. The highest BCUT2D eigenvalue weighted by molar-refractivity contribution is 5.77. The molecule has 1 aliphatic rings. The number of pyridine rings is 1. The van der Waals surface area contributed by atoms with Crippen LogP contribution in [0.3, 0.4) is 0 Å². The van der Waals surface area contributed by atoms with Crippen molar-refractivity contribution in [3.05, 3.63) is 36.5 Å². The highest BCUT2D eigenvalue weighted by Crippen LogP contribution is 2.27. The lowest BCUT2D eigenvalue weighted by molar-refractivity contribution is -0.133. The molecule has 1 aliphatic heterocycles. The Morgan fingerprint density at radius 3 is 3.09 bits per heavy atom. The lowest BCUT2D eigenvalue weighted by atomic mass is 9.97. The molecule has 0 bridgehead atoms. The van der Waals surface area contributed by atoms with E-state index in [4.69, 9.17) is 4.52 Å². The molecule has 4 heterocycles. The fraction of sp³-hybridized carbons (Fsp3) is 0.375. The Labute approximate surface area is 132 Å². The van der Waals surface area contributed by atoms with E-state index in [1.54, 1.807) is 0 Å². The Morgan fingerprint density at radius 1 is 1.35 bits per heavy atom. The zero-order chi connectivity index (χ0) is 15.8. The molecule has 23 heavy (non-hydrogen) atoms. The van der Waals surface area contributed by atoms with Crippen LogP contribution in [-0.2, 0) is 4.79 Å². The predicted molar refractivity (Wildman–Crippen MR) is 82.7 cm³/mol. The molecule has 0 aromatic carbocycles. The summed E-state index contributed by atoms with van der Waals surface area (Å²) >= 11 is 0. The minimum atomic E-state index is 0.103. The standard InChI is InChI=1S/C16H17N5O2/c1-2-20-9-11(6-7-14(20)22)16-18-15(19-23-16)12-10-21-8-4-3-5-13(21)17-12/h3-5,8,10-11H,2,6-7,9H2,1H3/t11-/m1/s1. The number of nitrogens with zero attached hydrogens (tertiary/aromatic N) is 5. The maximum Gasteiger partial charge on any atom is 0.231 e. The Balaban J connectivity index is 1.60. The van der Waals surface area contributed by atoms with Crippen LogP contribution >= 0.6 is 0 Å². The van der Waals surface area contributed by atoms with Crippen LogP contribution in [0.5, 0.6) is 0 Å². The number of piperidine rings is 1. The Morgan fingerprint density at radius 2 is 2.26 bits per heavy atom. The second kappa shape index (κ2) is 5.49. The summed E-state index contributed by atoms with van der Waals surface area (Å²) in [4.78, 5) is 22.6. The van der Waals surface area contributed by atoms with Gasteiger partial charge in [0.2, 0.25) is 17.6 Å². The summed E-state index contributed by atoms with van der Waals surface area (Å²) in [5.74, 6) is 1.38. The molecule has 0 unspecified atom stereocenters. The Kier molecular flexibility index (Phi) is 3.33. The normalized spacial score (nSPS) is 18.7. The van der Waals surface area contributed by atoms with E-state index in [2.05, 4.69) is 15.1 Å². The molecule has 0 saturated carbocycles. The molecule has 7 heteroatoms. The van der Waals surface area contributed by atoms with Gasteiger partial charge in [0.25, 0.3) is 0 Å². The summed E-state index contributed by atoms with van der Waals surface area (Å²) in [5.41, 5.74) is 1.53. The van der Waals surface area contributed by atoms with Gasteiger partial charge in [0, 0.05) is 31.9 Å². The van der Waals surface area contributed by atoms with Gasteiger partial charge in [0.15, 0.2) is 0 Å². The van der Waals surface area contributed by atoms with Crippen LogP contribution in [0.2, 0.25) is 0 Å². The average molecular weight is 311 g/mol. The summed E-state index contributed by atoms with van der Waals surface area (Å²) in [6.45, 7) is 3.33. The van der Waals surface area contributed by atoms with Crippen LogP contribution in [-0.4, -0.2) is 43.4 Å². The van der Waals surface area contributed by atoms with Crippen molar-refractivity contribution >= 4 is 11.6 Å². The van der Waals surface area contributed by atoms with Crippen LogP contribution in [0.15, 0.2) is 35.1 Å². The Bertz CT molecular complexity index is 820. The van der Waals surface area contributed by atoms with E-state index in [-0.39, 0.29) is 11.8 Å². The van der Waals surface area contributed by atoms with Crippen LogP contribution in [0.25, 0.3) is 17.2 Å². The van der Waals surface area contributed by atoms with Gasteiger partial charge in [-0.3, -0.25) is 4.79 Å². The molecule has 1 saturated heterocycles. The second-order valence-electron chi connectivity index (χ2n) is 5.72. The topological polar surface area (TPSA) is 76.5 Å². The number of hydrogen-bond acceptors (Lipinski definition) is 5. The van der Waals surface area contributed by atoms with Crippen molar-refractivity contribution in [2.45, 2.75) is 25.7 Å². The first-order valence-corrected chi connectivity index (χ1v) is 7.80. The third-order valence-electron chi connectivity index (χ3n) is 4.27. The van der Waals surface area contributed by atoms with Gasteiger partial charge in [0.05, 0.1) is 5.92 Å². The third kappa shape index (κ3) is 2.48. The SMILES string of the molecule is CCN1C[C@H](c2nc(-c3cn4ccccc4n3)no2)CCC1=O. The number of hydrogen-bond donors (Lipinski definition) is 0. The largest absolute Gasteiger partial charge is 0.342 e. The third-order valence-corrected chi connectivity index (χ3v) is 4.27. The summed E-state index contributed by atoms with van der Waals surface area (Å²) in [7, 11) is 0. The smallest absolute Gasteiger partial charge is 0.231 e. The quantitative estimate of drug-likeness (QED) is 0.740. The molecule has 118 valence electrons. The first-order chi connectivity index (χ1) is 11.2. The summed E-state index contributed by atoms with van der Waals surface area (Å²) in [5, 5.41) is 4.06. The van der Waals surface area contributed by atoms with E-state index >= 15 is 0 Å². The molecule has 0 aliphatic carbocycles. The van der Waals surface area contributed by atoms with Crippen LogP contribution in [0.1, 0.15) is 31.6 Å². The monoisotopic (exact) mass is 311 g/mol. The molecule has 0 radical (unpaired) electrons. The molecular formula is C16H17N5O2. The number of imidazole rings is 1. The van der Waals surface area contributed by atoms with Gasteiger partial charge in [-0.05, 0) is 25.5 Å². The van der Waals surface area contributed by atoms with Crippen molar-refractivity contribution in [3.63, 3.8) is 0 Å². The number of aromatic nitrogens is 4. The maximum atomic E-state index is 11.8. The van der Waals surface area contributed by atoms with E-state index in [9.17, 15) is 4.79 Å². The molecular weight excluding hydrogens is 294 g/mol. The van der Waals surface area contributed by atoms with Gasteiger partial charge in [0.1, 0.15) is 11.3 Å². The molecule has 3 aromatic rings. The molecule has 1 atom stereocenters. The van der Waals surface area contributed by atoms with E-state index in [0.29, 0.717) is 36.9 Å². The summed E-state index contributed by atoms with van der Waals surface area (Å²) in [6, 6.07) is 5.81. The molecule has 7 nitrogen and oxygen atoms in total. The van der Waals surface area contributed by atoms with Crippen molar-refractivity contribution in [2.75, 3.05) is 13.1 Å². The van der Waals surface area contributed by atoms with E-state index in [1.807, 2.05) is 46.8 Å². The summed E-state index contributed by atoms with van der Waals surface area (Å²) < 4.78 is 7.35. The lowest BCUT2D eigenvalue weighted by Gasteiger charge is -2.29. The molecule has 0 N–H and O–H groups in total. The van der Waals surface area contributed by atoms with Crippen molar-refractivity contribution < 1.29 is 9.32 Å². The Hall–Kier alpha value is -2.70. The number of likely N-dealkylation sites (N-methyl/N-ethyl adjacent to an activating group) is 1. The number of carbonyl (C=O) groups is 1. The van der Waals surface area contributed by atoms with Gasteiger partial charge in [-0.25, -0.2) is 4.98 Å². The number of rotatable bonds is 3. The number of likely N-dealkylation sites (tertiary alicyclic amines) is 1. The highest BCUT2D eigenvalue weighted by atomic mass is 16.5. The van der Waals surface area contributed by atoms with E-state index < -0.39 is 0 Å². The zero-order valence-electron chi connectivity index (χ0n) is 12.8. The van der Waals surface area contributed by atoms with Gasteiger partial charge in [-0.15, -0.1) is 0 Å². The minimum Gasteiger partial charge on any atom is -0.342 e. The minimum absolute atomic E-state index is 0.103.